The van der Waals surface area contributed by atoms with Crippen LogP contribution in [0.4, 0.5) is 5.69 Å². The topological polar surface area (TPSA) is 92.8 Å². The summed E-state index contributed by atoms with van der Waals surface area (Å²) in [5, 5.41) is 2.76. The molecule has 1 atom stereocenters. The summed E-state index contributed by atoms with van der Waals surface area (Å²) in [6, 6.07) is 9.76. The number of aryl methyl sites for hydroxylation is 1. The molecule has 1 N–H and O–H groups in total. The monoisotopic (exact) mass is 422 g/mol. The van der Waals surface area contributed by atoms with Crippen molar-refractivity contribution < 1.29 is 23.9 Å². The van der Waals surface area contributed by atoms with Crippen LogP contribution < -0.4 is 5.32 Å². The minimum atomic E-state index is -1.05. The zero-order chi connectivity index (χ0) is 23.1. The van der Waals surface area contributed by atoms with Crippen LogP contribution >= 0.6 is 0 Å². The molecule has 3 rings (SSSR count). The third-order valence-electron chi connectivity index (χ3n) is 5.31. The van der Waals surface area contributed by atoms with E-state index in [1.807, 2.05) is 26.0 Å². The Bertz CT molecular complexity index is 1100. The first kappa shape index (κ1) is 22.2. The molecule has 1 aliphatic heterocycles. The van der Waals surface area contributed by atoms with E-state index in [2.05, 4.69) is 5.32 Å². The molecule has 0 aliphatic carbocycles. The first-order valence-corrected chi connectivity index (χ1v) is 10.0. The molecule has 7 nitrogen and oxygen atoms in total. The molecule has 0 saturated heterocycles. The smallest absolute Gasteiger partial charge is 0.338 e. The highest BCUT2D eigenvalue weighted by molar-refractivity contribution is 6.22. The number of imide groups is 1. The first-order valence-electron chi connectivity index (χ1n) is 10.0. The van der Waals surface area contributed by atoms with Crippen LogP contribution in [0.2, 0.25) is 0 Å². The van der Waals surface area contributed by atoms with E-state index in [-0.39, 0.29) is 16.7 Å². The summed E-state index contributed by atoms with van der Waals surface area (Å²) in [7, 11) is 0. The van der Waals surface area contributed by atoms with Crippen molar-refractivity contribution in [2.24, 2.45) is 0 Å². The molecular formula is C24H26N2O5. The molecule has 0 radical (unpaired) electrons. The summed E-state index contributed by atoms with van der Waals surface area (Å²) in [5.74, 6) is -2.06. The molecule has 1 aliphatic rings. The third-order valence-corrected chi connectivity index (χ3v) is 5.31. The quantitative estimate of drug-likeness (QED) is 0.596. The summed E-state index contributed by atoms with van der Waals surface area (Å²) < 4.78 is 5.30. The Morgan fingerprint density at radius 3 is 2.29 bits per heavy atom. The van der Waals surface area contributed by atoms with E-state index in [1.165, 1.54) is 30.0 Å². The van der Waals surface area contributed by atoms with Gasteiger partial charge >= 0.3 is 5.97 Å². The van der Waals surface area contributed by atoms with Crippen LogP contribution in [-0.2, 0) is 9.53 Å². The van der Waals surface area contributed by atoms with E-state index in [0.29, 0.717) is 5.69 Å². The number of carbonyl (C=O) groups is 4. The summed E-state index contributed by atoms with van der Waals surface area (Å²) in [4.78, 5) is 51.5. The number of esters is 1. The maximum Gasteiger partial charge on any atom is 0.338 e. The maximum absolute atomic E-state index is 12.7. The van der Waals surface area contributed by atoms with E-state index < -0.39 is 35.3 Å². The fourth-order valence-electron chi connectivity index (χ4n) is 3.38. The summed E-state index contributed by atoms with van der Waals surface area (Å²) in [6.07, 6.45) is -1.05. The Morgan fingerprint density at radius 2 is 1.65 bits per heavy atom. The molecule has 0 bridgehead atoms. The van der Waals surface area contributed by atoms with Crippen LogP contribution in [-0.4, -0.2) is 40.2 Å². The second kappa shape index (κ2) is 7.98. The number of anilines is 1. The number of nitrogens with zero attached hydrogens (tertiary/aromatic N) is 1. The average molecular weight is 422 g/mol. The number of fused-ring (bicyclic) bond motifs is 1. The predicted molar refractivity (Wildman–Crippen MR) is 116 cm³/mol. The minimum Gasteiger partial charge on any atom is -0.449 e. The fraction of sp³-hybridized carbons (Fsp3) is 0.333. The third kappa shape index (κ3) is 4.21. The Balaban J connectivity index is 1.74. The lowest BCUT2D eigenvalue weighted by molar-refractivity contribution is -0.123. The van der Waals surface area contributed by atoms with E-state index in [9.17, 15) is 19.2 Å². The second-order valence-electron chi connectivity index (χ2n) is 8.66. The molecule has 0 aromatic heterocycles. The van der Waals surface area contributed by atoms with Crippen LogP contribution in [0.3, 0.4) is 0 Å². The largest absolute Gasteiger partial charge is 0.449 e. The van der Waals surface area contributed by atoms with Gasteiger partial charge in [0.2, 0.25) is 0 Å². The Kier molecular flexibility index (Phi) is 5.72. The number of hydrogen-bond acceptors (Lipinski definition) is 5. The van der Waals surface area contributed by atoms with Crippen LogP contribution in [0, 0.1) is 13.8 Å². The lowest BCUT2D eigenvalue weighted by atomic mass is 10.1. The van der Waals surface area contributed by atoms with Crippen LogP contribution in [0.5, 0.6) is 0 Å². The molecule has 1 unspecified atom stereocenters. The van der Waals surface area contributed by atoms with Gasteiger partial charge in [-0.15, -0.1) is 0 Å². The van der Waals surface area contributed by atoms with Crippen LogP contribution in [0.25, 0.3) is 0 Å². The normalized spacial score (nSPS) is 14.3. The average Bonchev–Trinajstić information content (AvgIpc) is 2.95. The fourth-order valence-corrected chi connectivity index (χ4v) is 3.38. The standard InChI is InChI=1S/C24H26N2O5/c1-13-8-7-9-19(14(13)2)25-20(27)15(3)31-23(30)16-10-11-17-18(12-16)22(29)26(21(17)28)24(4,5)6/h7-12,15H,1-6H3,(H,25,27). The van der Waals surface area contributed by atoms with Gasteiger partial charge in [-0.2, -0.15) is 0 Å². The zero-order valence-corrected chi connectivity index (χ0v) is 18.5. The van der Waals surface area contributed by atoms with Crippen molar-refractivity contribution in [2.75, 3.05) is 5.32 Å². The molecular weight excluding hydrogens is 396 g/mol. The van der Waals surface area contributed by atoms with Gasteiger partial charge in [0.05, 0.1) is 16.7 Å². The molecule has 1 heterocycles. The van der Waals surface area contributed by atoms with Gasteiger partial charge in [-0.05, 0) is 76.9 Å². The molecule has 31 heavy (non-hydrogen) atoms. The highest BCUT2D eigenvalue weighted by Crippen LogP contribution is 2.30. The number of ether oxygens (including phenoxy) is 1. The molecule has 7 heteroatoms. The maximum atomic E-state index is 12.7. The van der Waals surface area contributed by atoms with Gasteiger partial charge in [0.15, 0.2) is 6.10 Å². The van der Waals surface area contributed by atoms with Crippen molar-refractivity contribution >= 4 is 29.4 Å². The zero-order valence-electron chi connectivity index (χ0n) is 18.5. The van der Waals surface area contributed by atoms with Crippen LogP contribution in [0.15, 0.2) is 36.4 Å². The summed E-state index contributed by atoms with van der Waals surface area (Å²) >= 11 is 0. The van der Waals surface area contributed by atoms with Crippen molar-refractivity contribution in [1.82, 2.24) is 4.90 Å². The van der Waals surface area contributed by atoms with Crippen molar-refractivity contribution in [3.8, 4) is 0 Å². The van der Waals surface area contributed by atoms with Gasteiger partial charge in [-0.3, -0.25) is 19.3 Å². The van der Waals surface area contributed by atoms with Crippen LogP contribution in [0.1, 0.15) is 69.9 Å². The molecule has 3 amide bonds. The van der Waals surface area contributed by atoms with Crippen molar-refractivity contribution in [2.45, 2.75) is 53.2 Å². The minimum absolute atomic E-state index is 0.0991. The van der Waals surface area contributed by atoms with Gasteiger partial charge < -0.3 is 10.1 Å². The highest BCUT2D eigenvalue weighted by Gasteiger charge is 2.42. The molecule has 0 spiro atoms. The molecule has 162 valence electrons. The van der Waals surface area contributed by atoms with Gasteiger partial charge in [0, 0.05) is 11.2 Å². The SMILES string of the molecule is Cc1cccc(NC(=O)C(C)OC(=O)c2ccc3c(c2)C(=O)N(C(C)(C)C)C3=O)c1C. The van der Waals surface area contributed by atoms with Gasteiger partial charge in [0.25, 0.3) is 17.7 Å². The number of carbonyl (C=O) groups excluding carboxylic acids is 4. The molecule has 2 aromatic carbocycles. The highest BCUT2D eigenvalue weighted by atomic mass is 16.5. The molecule has 0 fully saturated rings. The first-order chi connectivity index (χ1) is 14.4. The number of hydrogen-bond donors (Lipinski definition) is 1. The number of rotatable bonds is 4. The summed E-state index contributed by atoms with van der Waals surface area (Å²) in [5.41, 5.74) is 2.43. The van der Waals surface area contributed by atoms with Crippen molar-refractivity contribution in [1.29, 1.82) is 0 Å². The second-order valence-corrected chi connectivity index (χ2v) is 8.66. The lowest BCUT2D eigenvalue weighted by Crippen LogP contribution is -2.45. The van der Waals surface area contributed by atoms with Gasteiger partial charge in [-0.25, -0.2) is 4.79 Å². The van der Waals surface area contributed by atoms with E-state index >= 15 is 0 Å². The Hall–Kier alpha value is -3.48. The van der Waals surface area contributed by atoms with Crippen molar-refractivity contribution in [3.63, 3.8) is 0 Å². The Morgan fingerprint density at radius 1 is 1.00 bits per heavy atom. The molecule has 2 aromatic rings. The number of nitrogens with one attached hydrogen (secondary N) is 1. The summed E-state index contributed by atoms with van der Waals surface area (Å²) in [6.45, 7) is 10.6. The Labute approximate surface area is 181 Å². The van der Waals surface area contributed by atoms with Gasteiger partial charge in [0.1, 0.15) is 0 Å². The van der Waals surface area contributed by atoms with E-state index in [0.717, 1.165) is 11.1 Å². The van der Waals surface area contributed by atoms with E-state index in [1.54, 1.807) is 26.8 Å². The molecule has 0 saturated carbocycles. The lowest BCUT2D eigenvalue weighted by Gasteiger charge is -2.29. The van der Waals surface area contributed by atoms with Crippen molar-refractivity contribution in [3.05, 3.63) is 64.2 Å². The van der Waals surface area contributed by atoms with E-state index in [4.69, 9.17) is 4.74 Å². The predicted octanol–water partition coefficient (Wildman–Crippen LogP) is 3.88. The van der Waals surface area contributed by atoms with Gasteiger partial charge in [-0.1, -0.05) is 12.1 Å². The number of benzene rings is 2. The number of amides is 3.